The average molecular weight is 259 g/mol. The minimum Gasteiger partial charge on any atom is -0.478 e. The van der Waals surface area contributed by atoms with Gasteiger partial charge in [0.05, 0.1) is 0 Å². The van der Waals surface area contributed by atoms with Gasteiger partial charge in [0.1, 0.15) is 0 Å². The van der Waals surface area contributed by atoms with Crippen molar-refractivity contribution in [2.75, 3.05) is 11.4 Å². The zero-order valence-corrected chi connectivity index (χ0v) is 11.5. The summed E-state index contributed by atoms with van der Waals surface area (Å²) in [6.07, 6.45) is 5.36. The molecule has 1 aliphatic carbocycles. The molecule has 0 aliphatic heterocycles. The summed E-state index contributed by atoms with van der Waals surface area (Å²) in [5, 5.41) is 8.60. The Kier molecular flexibility index (Phi) is 4.25. The van der Waals surface area contributed by atoms with Crippen LogP contribution in [0.2, 0.25) is 0 Å². The van der Waals surface area contributed by atoms with Gasteiger partial charge in [-0.05, 0) is 42.5 Å². The summed E-state index contributed by atoms with van der Waals surface area (Å²) >= 11 is 0. The van der Waals surface area contributed by atoms with Gasteiger partial charge in [0, 0.05) is 24.4 Å². The number of benzene rings is 1. The Morgan fingerprint density at radius 3 is 2.47 bits per heavy atom. The number of carbonyl (C=O) groups is 1. The molecule has 1 N–H and O–H groups in total. The first-order valence-electron chi connectivity index (χ1n) is 6.84. The first kappa shape index (κ1) is 13.7. The van der Waals surface area contributed by atoms with Gasteiger partial charge in [-0.3, -0.25) is 0 Å². The molecular weight excluding hydrogens is 238 g/mol. The number of rotatable bonds is 6. The number of carboxylic acids is 1. The largest absolute Gasteiger partial charge is 0.478 e. The zero-order chi connectivity index (χ0) is 13.8. The van der Waals surface area contributed by atoms with E-state index in [2.05, 4.69) is 30.9 Å². The van der Waals surface area contributed by atoms with Crippen molar-refractivity contribution in [2.24, 2.45) is 5.92 Å². The third kappa shape index (κ3) is 4.12. The van der Waals surface area contributed by atoms with Gasteiger partial charge in [0.25, 0.3) is 0 Å². The molecule has 1 aromatic carbocycles. The highest BCUT2D eigenvalue weighted by Crippen LogP contribution is 2.32. The number of hydrogen-bond acceptors (Lipinski definition) is 2. The summed E-state index contributed by atoms with van der Waals surface area (Å²) in [4.78, 5) is 12.9. The highest BCUT2D eigenvalue weighted by Gasteiger charge is 2.29. The monoisotopic (exact) mass is 259 g/mol. The van der Waals surface area contributed by atoms with Crippen molar-refractivity contribution in [1.29, 1.82) is 0 Å². The Labute approximate surface area is 114 Å². The summed E-state index contributed by atoms with van der Waals surface area (Å²) in [6, 6.07) is 8.82. The second-order valence-electron chi connectivity index (χ2n) is 5.54. The Hall–Kier alpha value is -1.77. The fourth-order valence-electron chi connectivity index (χ4n) is 2.19. The number of carboxylic acid groups (broad SMARTS) is 1. The molecular formula is C16H21NO2. The van der Waals surface area contributed by atoms with Crippen molar-refractivity contribution in [1.82, 2.24) is 0 Å². The Balaban J connectivity index is 2.09. The lowest BCUT2D eigenvalue weighted by atomic mass is 10.1. The van der Waals surface area contributed by atoms with E-state index in [1.165, 1.54) is 24.6 Å². The van der Waals surface area contributed by atoms with Gasteiger partial charge in [-0.1, -0.05) is 26.0 Å². The molecule has 0 saturated heterocycles. The lowest BCUT2D eigenvalue weighted by Gasteiger charge is -2.26. The van der Waals surface area contributed by atoms with Gasteiger partial charge < -0.3 is 10.0 Å². The number of hydrogen-bond donors (Lipinski definition) is 1. The van der Waals surface area contributed by atoms with Crippen LogP contribution in [0.3, 0.4) is 0 Å². The third-order valence-electron chi connectivity index (χ3n) is 3.19. The van der Waals surface area contributed by atoms with E-state index in [1.807, 2.05) is 12.1 Å². The third-order valence-corrected chi connectivity index (χ3v) is 3.19. The van der Waals surface area contributed by atoms with Gasteiger partial charge >= 0.3 is 5.97 Å². The maximum atomic E-state index is 10.5. The van der Waals surface area contributed by atoms with E-state index in [1.54, 1.807) is 6.08 Å². The molecule has 3 nitrogen and oxygen atoms in total. The molecule has 0 aromatic heterocycles. The van der Waals surface area contributed by atoms with Gasteiger partial charge in [0.2, 0.25) is 0 Å². The molecule has 2 rings (SSSR count). The van der Waals surface area contributed by atoms with Gasteiger partial charge in [-0.2, -0.15) is 0 Å². The van der Waals surface area contributed by atoms with Crippen LogP contribution in [0.25, 0.3) is 6.08 Å². The fraction of sp³-hybridized carbons (Fsp3) is 0.438. The zero-order valence-electron chi connectivity index (χ0n) is 11.5. The molecule has 3 heteroatoms. The molecule has 19 heavy (non-hydrogen) atoms. The summed E-state index contributed by atoms with van der Waals surface area (Å²) in [7, 11) is 0. The van der Waals surface area contributed by atoms with E-state index in [-0.39, 0.29) is 0 Å². The topological polar surface area (TPSA) is 40.5 Å². The summed E-state index contributed by atoms with van der Waals surface area (Å²) < 4.78 is 0. The van der Waals surface area contributed by atoms with Crippen molar-refractivity contribution in [3.63, 3.8) is 0 Å². The molecule has 0 heterocycles. The van der Waals surface area contributed by atoms with Crippen LogP contribution in [0.15, 0.2) is 30.3 Å². The molecule has 0 radical (unpaired) electrons. The lowest BCUT2D eigenvalue weighted by molar-refractivity contribution is -0.131. The standard InChI is InChI=1S/C16H21NO2/c1-12(2)11-17(15-8-9-15)14-6-3-13(4-7-14)5-10-16(18)19/h3-7,10,12,15H,8-9,11H2,1-2H3,(H,18,19)/b10-5+. The Bertz CT molecular complexity index is 458. The maximum absolute atomic E-state index is 10.5. The van der Waals surface area contributed by atoms with Crippen LogP contribution in [-0.2, 0) is 4.79 Å². The summed E-state index contributed by atoms with van der Waals surface area (Å²) in [6.45, 7) is 5.55. The van der Waals surface area contributed by atoms with E-state index >= 15 is 0 Å². The first-order valence-corrected chi connectivity index (χ1v) is 6.84. The van der Waals surface area contributed by atoms with Crippen molar-refractivity contribution in [3.05, 3.63) is 35.9 Å². The van der Waals surface area contributed by atoms with E-state index in [0.29, 0.717) is 12.0 Å². The van der Waals surface area contributed by atoms with E-state index in [4.69, 9.17) is 5.11 Å². The van der Waals surface area contributed by atoms with Gasteiger partial charge in [0.15, 0.2) is 0 Å². The Morgan fingerprint density at radius 1 is 1.37 bits per heavy atom. The van der Waals surface area contributed by atoms with Crippen LogP contribution in [0.1, 0.15) is 32.3 Å². The van der Waals surface area contributed by atoms with E-state index < -0.39 is 5.97 Å². The average Bonchev–Trinajstić information content (AvgIpc) is 3.18. The quantitative estimate of drug-likeness (QED) is 0.796. The minimum absolute atomic E-state index is 0.646. The molecule has 1 fully saturated rings. The fourth-order valence-corrected chi connectivity index (χ4v) is 2.19. The highest BCUT2D eigenvalue weighted by atomic mass is 16.4. The molecule has 102 valence electrons. The molecule has 0 spiro atoms. The SMILES string of the molecule is CC(C)CN(c1ccc(/C=C/C(=O)O)cc1)C1CC1. The van der Waals surface area contributed by atoms with Crippen LogP contribution in [0.4, 0.5) is 5.69 Å². The summed E-state index contributed by atoms with van der Waals surface area (Å²) in [5.74, 6) is -0.268. The van der Waals surface area contributed by atoms with Gasteiger partial charge in [-0.25, -0.2) is 4.79 Å². The first-order chi connectivity index (χ1) is 9.06. The van der Waals surface area contributed by atoms with Crippen molar-refractivity contribution in [2.45, 2.75) is 32.7 Å². The normalized spacial score (nSPS) is 15.1. The smallest absolute Gasteiger partial charge is 0.328 e. The second-order valence-corrected chi connectivity index (χ2v) is 5.54. The highest BCUT2D eigenvalue weighted by molar-refractivity contribution is 5.85. The minimum atomic E-state index is -0.913. The lowest BCUT2D eigenvalue weighted by Crippen LogP contribution is -2.29. The number of anilines is 1. The van der Waals surface area contributed by atoms with Crippen LogP contribution in [0, 0.1) is 5.92 Å². The molecule has 0 bridgehead atoms. The maximum Gasteiger partial charge on any atom is 0.328 e. The van der Waals surface area contributed by atoms with Crippen molar-refractivity contribution >= 4 is 17.7 Å². The van der Waals surface area contributed by atoms with E-state index in [9.17, 15) is 4.79 Å². The molecule has 1 saturated carbocycles. The van der Waals surface area contributed by atoms with Crippen LogP contribution in [0.5, 0.6) is 0 Å². The molecule has 0 amide bonds. The number of aliphatic carboxylic acids is 1. The predicted molar refractivity (Wildman–Crippen MR) is 78.3 cm³/mol. The molecule has 0 atom stereocenters. The van der Waals surface area contributed by atoms with Gasteiger partial charge in [-0.15, -0.1) is 0 Å². The van der Waals surface area contributed by atoms with E-state index in [0.717, 1.165) is 12.1 Å². The Morgan fingerprint density at radius 2 is 2.00 bits per heavy atom. The second kappa shape index (κ2) is 5.91. The van der Waals surface area contributed by atoms with Crippen molar-refractivity contribution < 1.29 is 9.90 Å². The summed E-state index contributed by atoms with van der Waals surface area (Å²) in [5.41, 5.74) is 2.16. The van der Waals surface area contributed by atoms with Crippen LogP contribution in [-0.4, -0.2) is 23.7 Å². The predicted octanol–water partition coefficient (Wildman–Crippen LogP) is 3.41. The van der Waals surface area contributed by atoms with Crippen LogP contribution < -0.4 is 4.90 Å². The molecule has 1 aromatic rings. The molecule has 0 unspecified atom stereocenters. The van der Waals surface area contributed by atoms with Crippen molar-refractivity contribution in [3.8, 4) is 0 Å². The van der Waals surface area contributed by atoms with Crippen LogP contribution >= 0.6 is 0 Å². The molecule has 1 aliphatic rings. The number of nitrogens with zero attached hydrogens (tertiary/aromatic N) is 1.